The molecular formula is C7H11F3N2O5S2. The van der Waals surface area contributed by atoms with E-state index in [0.29, 0.717) is 5.16 Å². The zero-order chi connectivity index (χ0) is 15.6. The molecule has 12 heteroatoms. The van der Waals surface area contributed by atoms with Crippen LogP contribution >= 0.6 is 0 Å². The molecule has 0 aliphatic heterocycles. The van der Waals surface area contributed by atoms with E-state index in [0.717, 1.165) is 0 Å². The predicted molar refractivity (Wildman–Crippen MR) is 55.5 cm³/mol. The second-order valence-corrected chi connectivity index (χ2v) is 6.76. The van der Waals surface area contributed by atoms with Crippen LogP contribution < -0.4 is 4.57 Å². The van der Waals surface area contributed by atoms with Gasteiger partial charge in [0.2, 0.25) is 0 Å². The first kappa shape index (κ1) is 17.9. The van der Waals surface area contributed by atoms with Crippen molar-refractivity contribution in [3.05, 3.63) is 12.4 Å². The Hall–Kier alpha value is -1.14. The second-order valence-electron chi connectivity index (χ2n) is 3.47. The number of hydrogen-bond acceptors (Lipinski definition) is 5. The first-order valence-electron chi connectivity index (χ1n) is 4.41. The van der Waals surface area contributed by atoms with Gasteiger partial charge in [-0.3, -0.25) is 0 Å². The largest absolute Gasteiger partial charge is 0.741 e. The van der Waals surface area contributed by atoms with Crippen molar-refractivity contribution in [1.82, 2.24) is 4.57 Å². The third-order valence-corrected chi connectivity index (χ3v) is 3.54. The van der Waals surface area contributed by atoms with E-state index in [1.54, 1.807) is 35.6 Å². The van der Waals surface area contributed by atoms with Crippen LogP contribution in [-0.4, -0.2) is 37.7 Å². The normalized spacial score (nSPS) is 12.8. The van der Waals surface area contributed by atoms with Crippen LogP contribution in [0.5, 0.6) is 0 Å². The Bertz CT molecular complexity index is 625. The molecule has 0 aromatic carbocycles. The van der Waals surface area contributed by atoms with Gasteiger partial charge in [0.05, 0.1) is 20.4 Å². The lowest BCUT2D eigenvalue weighted by atomic mass is 10.9. The number of sulfone groups is 1. The second kappa shape index (κ2) is 5.46. The number of imidazole rings is 1. The van der Waals surface area contributed by atoms with Crippen LogP contribution in [0.15, 0.2) is 17.6 Å². The summed E-state index contributed by atoms with van der Waals surface area (Å²) in [5.41, 5.74) is -5.65. The average Bonchev–Trinajstić information content (AvgIpc) is 2.41. The van der Waals surface area contributed by atoms with Crippen molar-refractivity contribution in [2.45, 2.75) is 10.7 Å². The van der Waals surface area contributed by atoms with Crippen molar-refractivity contribution in [2.24, 2.45) is 14.1 Å². The van der Waals surface area contributed by atoms with Crippen LogP contribution in [-0.2, 0) is 34.1 Å². The molecule has 0 saturated carbocycles. The molecule has 0 saturated heterocycles. The Morgan fingerprint density at radius 2 is 1.63 bits per heavy atom. The van der Waals surface area contributed by atoms with E-state index in [9.17, 15) is 21.6 Å². The monoisotopic (exact) mass is 324 g/mol. The van der Waals surface area contributed by atoms with Gasteiger partial charge in [-0.2, -0.15) is 13.2 Å². The lowest BCUT2D eigenvalue weighted by Gasteiger charge is -2.08. The highest BCUT2D eigenvalue weighted by atomic mass is 32.2. The van der Waals surface area contributed by atoms with Gasteiger partial charge in [-0.15, -0.1) is 0 Å². The zero-order valence-corrected chi connectivity index (χ0v) is 11.7. The first-order chi connectivity index (χ1) is 8.18. The molecule has 0 atom stereocenters. The maximum atomic E-state index is 11.1. The number of aromatic nitrogens is 2. The minimum Gasteiger partial charge on any atom is -0.741 e. The summed E-state index contributed by atoms with van der Waals surface area (Å²) >= 11 is 0. The third-order valence-electron chi connectivity index (χ3n) is 1.73. The third kappa shape index (κ3) is 5.16. The minimum atomic E-state index is -6.09. The molecule has 0 spiro atoms. The molecule has 112 valence electrons. The van der Waals surface area contributed by atoms with Gasteiger partial charge in [-0.1, -0.05) is 0 Å². The highest BCUT2D eigenvalue weighted by Gasteiger charge is 2.36. The summed E-state index contributed by atoms with van der Waals surface area (Å²) in [6.45, 7) is 0. The SMILES string of the molecule is Cn1cc[n+](C)c1S(C)(=O)=O.O=S(=O)([O-])C(F)(F)F. The zero-order valence-electron chi connectivity index (χ0n) is 10.0. The summed E-state index contributed by atoms with van der Waals surface area (Å²) in [4.78, 5) is 0. The van der Waals surface area contributed by atoms with Gasteiger partial charge in [0, 0.05) is 0 Å². The van der Waals surface area contributed by atoms with Crippen molar-refractivity contribution in [3.63, 3.8) is 0 Å². The van der Waals surface area contributed by atoms with E-state index >= 15 is 0 Å². The van der Waals surface area contributed by atoms with Gasteiger partial charge in [0.15, 0.2) is 10.1 Å². The molecule has 0 unspecified atom stereocenters. The number of aryl methyl sites for hydroxylation is 2. The quantitative estimate of drug-likeness (QED) is 0.386. The number of rotatable bonds is 1. The lowest BCUT2D eigenvalue weighted by molar-refractivity contribution is -0.710. The summed E-state index contributed by atoms with van der Waals surface area (Å²) in [5.74, 6) is 0. The Morgan fingerprint density at radius 3 is 1.74 bits per heavy atom. The van der Waals surface area contributed by atoms with Crippen LogP contribution in [0.4, 0.5) is 13.2 Å². The fraction of sp³-hybridized carbons (Fsp3) is 0.571. The number of hydrogen-bond donors (Lipinski definition) is 0. The van der Waals surface area contributed by atoms with Crippen molar-refractivity contribution in [1.29, 1.82) is 0 Å². The van der Waals surface area contributed by atoms with Crippen molar-refractivity contribution in [3.8, 4) is 0 Å². The molecule has 1 aromatic heterocycles. The number of alkyl halides is 3. The molecular weight excluding hydrogens is 313 g/mol. The number of halogens is 3. The van der Waals surface area contributed by atoms with E-state index in [1.807, 2.05) is 0 Å². The molecule has 1 aromatic rings. The van der Waals surface area contributed by atoms with E-state index in [2.05, 4.69) is 0 Å². The van der Waals surface area contributed by atoms with E-state index in [-0.39, 0.29) is 0 Å². The average molecular weight is 324 g/mol. The molecule has 0 bridgehead atoms. The van der Waals surface area contributed by atoms with Crippen molar-refractivity contribution < 1.29 is 39.1 Å². The Morgan fingerprint density at radius 1 is 1.26 bits per heavy atom. The first-order valence-corrected chi connectivity index (χ1v) is 7.71. The van der Waals surface area contributed by atoms with E-state index < -0.39 is 25.5 Å². The molecule has 0 aliphatic rings. The molecule has 0 fully saturated rings. The van der Waals surface area contributed by atoms with Crippen molar-refractivity contribution >= 4 is 20.0 Å². The maximum Gasteiger partial charge on any atom is 0.485 e. The number of nitrogens with zero attached hydrogens (tertiary/aromatic N) is 2. The van der Waals surface area contributed by atoms with E-state index in [1.165, 1.54) is 6.26 Å². The lowest BCUT2D eigenvalue weighted by Crippen LogP contribution is -2.33. The minimum absolute atomic E-state index is 0.317. The summed E-state index contributed by atoms with van der Waals surface area (Å²) in [6, 6.07) is 0. The van der Waals surface area contributed by atoms with Crippen LogP contribution in [0, 0.1) is 0 Å². The Labute approximate surface area is 107 Å². The Balaban J connectivity index is 0.000000362. The Kier molecular flexibility index (Phi) is 5.14. The summed E-state index contributed by atoms with van der Waals surface area (Å²) < 4.78 is 84.2. The molecule has 7 nitrogen and oxygen atoms in total. The molecule has 0 radical (unpaired) electrons. The van der Waals surface area contributed by atoms with Gasteiger partial charge < -0.3 is 4.55 Å². The summed E-state index contributed by atoms with van der Waals surface area (Å²) in [7, 11) is -5.78. The molecule has 1 rings (SSSR count). The van der Waals surface area contributed by atoms with E-state index in [4.69, 9.17) is 13.0 Å². The summed E-state index contributed by atoms with van der Waals surface area (Å²) in [6.07, 6.45) is 4.61. The fourth-order valence-corrected chi connectivity index (χ4v) is 2.27. The van der Waals surface area contributed by atoms with Gasteiger partial charge in [0.1, 0.15) is 12.4 Å². The van der Waals surface area contributed by atoms with Crippen LogP contribution in [0.3, 0.4) is 0 Å². The highest BCUT2D eigenvalue weighted by Crippen LogP contribution is 2.20. The molecule has 1 heterocycles. The standard InChI is InChI=1S/C6H11N2O2S.CHF3O3S/c1-7-4-5-8(2)6(7)11(3,9)10;2-1(3,4)8(5,6)7/h4-5H,1-3H3;(H,5,6,7)/q+1;/p-1. The smallest absolute Gasteiger partial charge is 0.485 e. The highest BCUT2D eigenvalue weighted by molar-refractivity contribution is 7.90. The van der Waals surface area contributed by atoms with Gasteiger partial charge in [-0.05, 0) is 0 Å². The molecule has 19 heavy (non-hydrogen) atoms. The molecule has 0 aliphatic carbocycles. The van der Waals surface area contributed by atoms with Crippen molar-refractivity contribution in [2.75, 3.05) is 6.26 Å². The maximum absolute atomic E-state index is 11.1. The van der Waals surface area contributed by atoms with Crippen LogP contribution in [0.25, 0.3) is 0 Å². The summed E-state index contributed by atoms with van der Waals surface area (Å²) in [5, 5.41) is 0.317. The fourth-order valence-electron chi connectivity index (χ4n) is 1.10. The molecule has 0 amide bonds. The predicted octanol–water partition coefficient (Wildman–Crippen LogP) is -0.695. The van der Waals surface area contributed by atoms with Crippen LogP contribution in [0.1, 0.15) is 0 Å². The van der Waals surface area contributed by atoms with Crippen LogP contribution in [0.2, 0.25) is 0 Å². The topological polar surface area (TPSA) is 100 Å². The van der Waals surface area contributed by atoms with Gasteiger partial charge in [0.25, 0.3) is 9.84 Å². The molecule has 0 N–H and O–H groups in total. The van der Waals surface area contributed by atoms with Gasteiger partial charge >= 0.3 is 10.7 Å². The van der Waals surface area contributed by atoms with Gasteiger partial charge in [-0.25, -0.2) is 26.0 Å².